The van der Waals surface area contributed by atoms with Gasteiger partial charge in [-0.3, -0.25) is 4.89 Å². The first-order valence-electron chi connectivity index (χ1n) is 8.02. The molecule has 0 amide bonds. The molecule has 0 atom stereocenters. The highest BCUT2D eigenvalue weighted by molar-refractivity contribution is 4.99. The predicted octanol–water partition coefficient (Wildman–Crippen LogP) is -1.85. The van der Waals surface area contributed by atoms with E-state index in [1.807, 2.05) is 12.1 Å². The van der Waals surface area contributed by atoms with Gasteiger partial charge in [0, 0.05) is 11.1 Å². The molecule has 9 nitrogen and oxygen atoms in total. The number of hydrogen-bond donors (Lipinski definition) is 0. The molecule has 2 aromatic heterocycles. The maximum absolute atomic E-state index is 5.65. The zero-order chi connectivity index (χ0) is 17.4. The predicted molar refractivity (Wildman–Crippen MR) is 83.7 cm³/mol. The maximum atomic E-state index is 5.65. The van der Waals surface area contributed by atoms with Gasteiger partial charge in [-0.2, -0.15) is 14.2 Å². The Balaban J connectivity index is 0.00000225. The lowest BCUT2D eigenvalue weighted by Gasteiger charge is -2.49. The first-order chi connectivity index (χ1) is 11.3. The minimum Gasteiger partial charge on any atom is -1.00 e. The average molecular weight is 414 g/mol. The smallest absolute Gasteiger partial charge is 0.404 e. The minimum absolute atomic E-state index is 0. The van der Waals surface area contributed by atoms with Gasteiger partial charge in [0.15, 0.2) is 12.7 Å². The van der Waals surface area contributed by atoms with Gasteiger partial charge in [-0.15, -0.1) is 10.0 Å². The summed E-state index contributed by atoms with van der Waals surface area (Å²) in [4.78, 5) is 23.4. The van der Waals surface area contributed by atoms with Gasteiger partial charge in [0.1, 0.15) is 0 Å². The second-order valence-electron chi connectivity index (χ2n) is 7.33. The summed E-state index contributed by atoms with van der Waals surface area (Å²) in [5, 5.41) is 5.97. The number of hydroxylamine groups is 2. The van der Waals surface area contributed by atoms with E-state index in [9.17, 15) is 0 Å². The quantitative estimate of drug-likeness (QED) is 0.330. The Morgan fingerprint density at radius 1 is 1.12 bits per heavy atom. The molecule has 10 heteroatoms. The molecule has 0 unspecified atom stereocenters. The lowest BCUT2D eigenvalue weighted by molar-refractivity contribution is -0.604. The van der Waals surface area contributed by atoms with Crippen LogP contribution in [0.3, 0.4) is 0 Å². The van der Waals surface area contributed by atoms with E-state index in [0.717, 1.165) is 19.3 Å². The van der Waals surface area contributed by atoms with E-state index in [4.69, 9.17) is 9.88 Å². The van der Waals surface area contributed by atoms with E-state index in [0.29, 0.717) is 5.95 Å². The van der Waals surface area contributed by atoms with Crippen molar-refractivity contribution in [2.24, 2.45) is 7.05 Å². The molecule has 1 aliphatic heterocycles. The van der Waals surface area contributed by atoms with Gasteiger partial charge in [-0.25, -0.2) is 0 Å². The summed E-state index contributed by atoms with van der Waals surface area (Å²) in [7, 11) is 1.82. The largest absolute Gasteiger partial charge is 1.00 e. The molecule has 0 saturated carbocycles. The van der Waals surface area contributed by atoms with E-state index in [2.05, 4.69) is 47.7 Å². The van der Waals surface area contributed by atoms with Crippen molar-refractivity contribution < 1.29 is 31.4 Å². The standard InChI is InChI=1S/C15H24N7O2.BrH/c1-14(2)7-6-8-15(3,4)22(14)24-23-13-17-9-16-12(19-13)21-10-18-20(5)11-21;/h9-11H,6-8H2,1-5H3;1H/q+1;/p-1. The van der Waals surface area contributed by atoms with Crippen LogP contribution in [0.4, 0.5) is 0 Å². The van der Waals surface area contributed by atoms with Crippen LogP contribution in [0.1, 0.15) is 47.0 Å². The van der Waals surface area contributed by atoms with Crippen molar-refractivity contribution in [3.8, 4) is 12.0 Å². The van der Waals surface area contributed by atoms with Crippen molar-refractivity contribution in [2.75, 3.05) is 0 Å². The molecule has 0 aromatic carbocycles. The average Bonchev–Trinajstić information content (AvgIpc) is 2.92. The van der Waals surface area contributed by atoms with Gasteiger partial charge in [-0.05, 0) is 52.1 Å². The Morgan fingerprint density at radius 3 is 2.40 bits per heavy atom. The van der Waals surface area contributed by atoms with E-state index >= 15 is 0 Å². The second kappa shape index (κ2) is 7.30. The van der Waals surface area contributed by atoms with E-state index in [-0.39, 0.29) is 34.1 Å². The normalized spacial score (nSPS) is 19.2. The van der Waals surface area contributed by atoms with Gasteiger partial charge < -0.3 is 17.0 Å². The molecule has 0 radical (unpaired) electrons. The van der Waals surface area contributed by atoms with Crippen LogP contribution >= 0.6 is 0 Å². The van der Waals surface area contributed by atoms with Crippen LogP contribution in [0.25, 0.3) is 5.95 Å². The molecule has 0 bridgehead atoms. The third kappa shape index (κ3) is 4.31. The van der Waals surface area contributed by atoms with Gasteiger partial charge in [0.25, 0.3) is 0 Å². The van der Waals surface area contributed by atoms with Crippen LogP contribution in [-0.4, -0.2) is 40.9 Å². The summed E-state index contributed by atoms with van der Waals surface area (Å²) in [5.41, 5.74) is -0.259. The second-order valence-corrected chi connectivity index (χ2v) is 7.33. The van der Waals surface area contributed by atoms with Crippen molar-refractivity contribution in [1.29, 1.82) is 0 Å². The van der Waals surface area contributed by atoms with Crippen LogP contribution in [0.15, 0.2) is 19.0 Å². The summed E-state index contributed by atoms with van der Waals surface area (Å²) < 4.78 is 3.32. The van der Waals surface area contributed by atoms with Crippen molar-refractivity contribution in [3.63, 3.8) is 0 Å². The first-order valence-corrected chi connectivity index (χ1v) is 8.02. The fourth-order valence-corrected chi connectivity index (χ4v) is 3.17. The van der Waals surface area contributed by atoms with Crippen LogP contribution in [-0.2, 0) is 12.0 Å². The summed E-state index contributed by atoms with van der Waals surface area (Å²) in [6, 6.07) is 0.105. The zero-order valence-corrected chi connectivity index (χ0v) is 16.8. The molecule has 1 aliphatic rings. The summed E-state index contributed by atoms with van der Waals surface area (Å²) in [6.07, 6.45) is 7.97. The number of rotatable bonds is 4. The molecule has 1 fully saturated rings. The lowest BCUT2D eigenvalue weighted by Crippen LogP contribution is -3.00. The third-order valence-electron chi connectivity index (χ3n) is 4.28. The molecule has 3 heterocycles. The van der Waals surface area contributed by atoms with E-state index in [1.54, 1.807) is 21.9 Å². The zero-order valence-electron chi connectivity index (χ0n) is 15.2. The Morgan fingerprint density at radius 2 is 1.80 bits per heavy atom. The molecule has 0 N–H and O–H groups in total. The SMILES string of the molecule is Cn1c[n+](-c2ncnc(OON3C(C)(C)CCCC3(C)C)n2)cn1.[Br-]. The van der Waals surface area contributed by atoms with Crippen LogP contribution in [0.5, 0.6) is 6.01 Å². The summed E-state index contributed by atoms with van der Waals surface area (Å²) in [5.74, 6) is 0.411. The first kappa shape index (κ1) is 19.7. The van der Waals surface area contributed by atoms with Crippen LogP contribution in [0.2, 0.25) is 0 Å². The Labute approximate surface area is 157 Å². The summed E-state index contributed by atoms with van der Waals surface area (Å²) in [6.45, 7) is 8.56. The van der Waals surface area contributed by atoms with Gasteiger partial charge >= 0.3 is 12.0 Å². The monoisotopic (exact) mass is 413 g/mol. The molecule has 3 rings (SSSR count). The summed E-state index contributed by atoms with van der Waals surface area (Å²) >= 11 is 0. The molecule has 1 saturated heterocycles. The molecular weight excluding hydrogens is 390 g/mol. The van der Waals surface area contributed by atoms with Gasteiger partial charge in [0.2, 0.25) is 6.33 Å². The fraction of sp³-hybridized carbons (Fsp3) is 0.667. The Bertz CT molecular complexity index is 703. The van der Waals surface area contributed by atoms with Crippen LogP contribution in [0, 0.1) is 0 Å². The topological polar surface area (TPSA) is 82.1 Å². The lowest BCUT2D eigenvalue weighted by atomic mass is 9.82. The molecule has 0 spiro atoms. The third-order valence-corrected chi connectivity index (χ3v) is 4.28. The number of aromatic nitrogens is 6. The molecular formula is C15H24BrN7O2. The highest BCUT2D eigenvalue weighted by Gasteiger charge is 2.44. The Hall–Kier alpha value is -1.65. The number of aryl methyl sites for hydroxylation is 1. The molecule has 25 heavy (non-hydrogen) atoms. The van der Waals surface area contributed by atoms with Crippen molar-refractivity contribution in [1.82, 2.24) is 29.8 Å². The van der Waals surface area contributed by atoms with Gasteiger partial charge in [0.05, 0.1) is 7.05 Å². The van der Waals surface area contributed by atoms with Crippen LogP contribution < -0.4 is 26.4 Å². The van der Waals surface area contributed by atoms with E-state index < -0.39 is 0 Å². The molecule has 0 aliphatic carbocycles. The fourth-order valence-electron chi connectivity index (χ4n) is 3.17. The maximum Gasteiger partial charge on any atom is 0.404 e. The molecule has 138 valence electrons. The van der Waals surface area contributed by atoms with Crippen molar-refractivity contribution >= 4 is 0 Å². The molecule has 2 aromatic rings. The number of nitrogens with zero attached hydrogens (tertiary/aromatic N) is 7. The van der Waals surface area contributed by atoms with E-state index in [1.165, 1.54) is 6.33 Å². The van der Waals surface area contributed by atoms with Gasteiger partial charge in [-0.1, -0.05) is 9.97 Å². The van der Waals surface area contributed by atoms with Crippen molar-refractivity contribution in [3.05, 3.63) is 19.0 Å². The van der Waals surface area contributed by atoms with Crippen molar-refractivity contribution in [2.45, 2.75) is 58.0 Å². The highest BCUT2D eigenvalue weighted by Crippen LogP contribution is 2.38. The minimum atomic E-state index is -0.129. The number of piperidine rings is 1. The number of halogens is 1. The highest BCUT2D eigenvalue weighted by atomic mass is 79.9. The number of hydrogen-bond acceptors (Lipinski definition) is 7. The Kier molecular flexibility index (Phi) is 5.75.